The lowest BCUT2D eigenvalue weighted by Crippen LogP contribution is -2.51. The van der Waals surface area contributed by atoms with Crippen LogP contribution in [0.1, 0.15) is 120 Å². The number of amides is 2. The summed E-state index contributed by atoms with van der Waals surface area (Å²) in [6.07, 6.45) is 10.5. The predicted molar refractivity (Wildman–Crippen MR) is 197 cm³/mol. The molecule has 12 heteroatoms. The van der Waals surface area contributed by atoms with E-state index in [1.807, 2.05) is 11.0 Å². The summed E-state index contributed by atoms with van der Waals surface area (Å²) < 4.78 is 0. The molecule has 0 bridgehead atoms. The molecular formula is C35H53Cl2N7O2S. The number of carbonyl (C=O) groups excluding carboxylic acids is 2. The van der Waals surface area contributed by atoms with E-state index in [9.17, 15) is 9.59 Å². The molecule has 1 aromatic rings. The van der Waals surface area contributed by atoms with Crippen molar-refractivity contribution in [3.8, 4) is 0 Å². The van der Waals surface area contributed by atoms with Crippen LogP contribution in [-0.2, 0) is 4.79 Å². The molecule has 1 aliphatic heterocycles. The van der Waals surface area contributed by atoms with Gasteiger partial charge in [0, 0.05) is 15.4 Å². The van der Waals surface area contributed by atoms with Crippen molar-refractivity contribution in [3.05, 3.63) is 56.8 Å². The number of nitrogens with one attached hydrogen (secondary N) is 2. The van der Waals surface area contributed by atoms with Gasteiger partial charge in [-0.05, 0) is 85.6 Å². The van der Waals surface area contributed by atoms with Gasteiger partial charge in [-0.3, -0.25) is 14.6 Å². The molecule has 47 heavy (non-hydrogen) atoms. The third-order valence-electron chi connectivity index (χ3n) is 9.02. The highest BCUT2D eigenvalue weighted by molar-refractivity contribution is 7.14. The van der Waals surface area contributed by atoms with Gasteiger partial charge >= 0.3 is 0 Å². The summed E-state index contributed by atoms with van der Waals surface area (Å²) in [6.45, 7) is 19.6. The zero-order valence-electron chi connectivity index (χ0n) is 29.0. The summed E-state index contributed by atoms with van der Waals surface area (Å²) in [6, 6.07) is 3.41. The number of aliphatic imine (C=N–C) groups is 1. The van der Waals surface area contributed by atoms with Crippen LogP contribution in [0.5, 0.6) is 0 Å². The highest BCUT2D eigenvalue weighted by atomic mass is 35.5. The van der Waals surface area contributed by atoms with E-state index in [0.717, 1.165) is 49.8 Å². The minimum absolute atomic E-state index is 0.0111. The number of thiophene rings is 1. The van der Waals surface area contributed by atoms with Crippen molar-refractivity contribution in [2.24, 2.45) is 38.3 Å². The van der Waals surface area contributed by atoms with Gasteiger partial charge in [-0.2, -0.15) is 5.10 Å². The van der Waals surface area contributed by atoms with E-state index in [2.05, 4.69) is 70.6 Å². The van der Waals surface area contributed by atoms with Gasteiger partial charge in [0.15, 0.2) is 5.84 Å². The van der Waals surface area contributed by atoms with Crippen molar-refractivity contribution >= 4 is 57.9 Å². The molecule has 1 aromatic heterocycles. The Morgan fingerprint density at radius 1 is 1.28 bits per heavy atom. The summed E-state index contributed by atoms with van der Waals surface area (Å²) >= 11 is 13.4. The lowest BCUT2D eigenvalue weighted by Gasteiger charge is -2.48. The van der Waals surface area contributed by atoms with Crippen molar-refractivity contribution in [2.75, 3.05) is 6.54 Å². The maximum Gasteiger partial charge on any atom is 0.275 e. The van der Waals surface area contributed by atoms with Crippen LogP contribution >= 0.6 is 34.5 Å². The largest absolute Gasteiger partial charge is 0.344 e. The Labute approximate surface area is 295 Å². The van der Waals surface area contributed by atoms with E-state index >= 15 is 0 Å². The fourth-order valence-electron chi connectivity index (χ4n) is 6.00. The maximum atomic E-state index is 14.4. The van der Waals surface area contributed by atoms with Crippen LogP contribution in [0.15, 0.2) is 62.2 Å². The number of nitrogens with two attached hydrogens (primary N) is 1. The molecule has 2 amide bonds. The van der Waals surface area contributed by atoms with Crippen molar-refractivity contribution in [2.45, 2.75) is 112 Å². The van der Waals surface area contributed by atoms with E-state index < -0.39 is 5.66 Å². The molecule has 260 valence electrons. The Hall–Kier alpha value is -2.82. The molecule has 1 spiro atoms. The first kappa shape index (κ1) is 40.4. The molecule has 3 rings (SSSR count). The Bertz CT molecular complexity index is 1370. The van der Waals surface area contributed by atoms with Gasteiger partial charge in [0.25, 0.3) is 11.8 Å². The molecule has 2 heterocycles. The van der Waals surface area contributed by atoms with Crippen molar-refractivity contribution in [1.29, 1.82) is 5.53 Å². The fraction of sp³-hybridized carbons (Fsp3) is 0.600. The van der Waals surface area contributed by atoms with Crippen LogP contribution in [-0.4, -0.2) is 40.5 Å². The molecule has 1 atom stereocenters. The Balaban J connectivity index is 0.00000246. The highest BCUT2D eigenvalue weighted by Gasteiger charge is 2.53. The standard InChI is InChI=1S/C32H45Cl2N7O2S.C3H8/c1-7-31(5,6)22-12-15-32(16-13-22)38-28(21(4)18-23(34)14-17-33)30(43)41(32)24(9-8-20(2)3)25-10-11-26(44-25)29(42)37-19-27(39-35)40-36;1-3-2/h10-11,14,17-18,20,22,24,35H,4,7-9,12-13,15-16,19,36H2,1-3,5-6H3,(H,37,42);3H2,1-2H3/b17-14+,23-18+,39-35?,40-27-;. The summed E-state index contributed by atoms with van der Waals surface area (Å²) in [5.41, 5.74) is 8.67. The average Bonchev–Trinajstić information content (AvgIpc) is 3.62. The molecule has 1 unspecified atom stereocenters. The lowest BCUT2D eigenvalue weighted by molar-refractivity contribution is -0.133. The quantitative estimate of drug-likeness (QED) is 0.0470. The van der Waals surface area contributed by atoms with Crippen LogP contribution in [0.4, 0.5) is 0 Å². The molecule has 9 nitrogen and oxygen atoms in total. The third kappa shape index (κ3) is 10.6. The third-order valence-corrected chi connectivity index (χ3v) is 10.6. The molecule has 0 aromatic carbocycles. The number of hydrazone groups is 1. The van der Waals surface area contributed by atoms with Crippen molar-refractivity contribution in [1.82, 2.24) is 10.2 Å². The fourth-order valence-corrected chi connectivity index (χ4v) is 7.45. The molecule has 1 aliphatic carbocycles. The van der Waals surface area contributed by atoms with Crippen LogP contribution in [0.25, 0.3) is 0 Å². The molecule has 0 saturated heterocycles. The summed E-state index contributed by atoms with van der Waals surface area (Å²) in [7, 11) is 0. The van der Waals surface area contributed by atoms with Gasteiger partial charge in [-0.15, -0.1) is 16.5 Å². The van der Waals surface area contributed by atoms with Gasteiger partial charge in [-0.1, -0.05) is 91.1 Å². The minimum atomic E-state index is -0.714. The van der Waals surface area contributed by atoms with Crippen molar-refractivity contribution < 1.29 is 9.59 Å². The van der Waals surface area contributed by atoms with Crippen LogP contribution in [0, 0.1) is 22.8 Å². The number of rotatable bonds is 13. The van der Waals surface area contributed by atoms with Gasteiger partial charge in [0.2, 0.25) is 0 Å². The topological polar surface area (TPSA) is 136 Å². The second kappa shape index (κ2) is 18.7. The predicted octanol–water partition coefficient (Wildman–Crippen LogP) is 9.71. The summed E-state index contributed by atoms with van der Waals surface area (Å²) in [5.74, 6) is 5.69. The normalized spacial score (nSPS) is 21.1. The van der Waals surface area contributed by atoms with Gasteiger partial charge < -0.3 is 16.1 Å². The first-order valence-electron chi connectivity index (χ1n) is 16.5. The number of carbonyl (C=O) groups is 2. The lowest BCUT2D eigenvalue weighted by atomic mass is 9.67. The van der Waals surface area contributed by atoms with E-state index in [0.29, 0.717) is 33.0 Å². The number of hydrogen-bond donors (Lipinski definition) is 3. The van der Waals surface area contributed by atoms with Crippen LogP contribution in [0.2, 0.25) is 0 Å². The molecule has 4 N–H and O–H groups in total. The zero-order chi connectivity index (χ0) is 35.4. The molecule has 1 fully saturated rings. The number of halogens is 2. The first-order chi connectivity index (χ1) is 22.2. The second-order valence-electron chi connectivity index (χ2n) is 13.3. The zero-order valence-corrected chi connectivity index (χ0v) is 31.4. The second-order valence-corrected chi connectivity index (χ2v) is 15.1. The Morgan fingerprint density at radius 3 is 2.45 bits per heavy atom. The van der Waals surface area contributed by atoms with Gasteiger partial charge in [0.05, 0.1) is 17.5 Å². The Kier molecular flexibility index (Phi) is 16.0. The van der Waals surface area contributed by atoms with E-state index in [1.54, 1.807) is 12.1 Å². The van der Waals surface area contributed by atoms with E-state index in [4.69, 9.17) is 39.6 Å². The molecule has 1 saturated carbocycles. The molecule has 2 aliphatic rings. The number of allylic oxidation sites excluding steroid dienone is 3. The van der Waals surface area contributed by atoms with Crippen LogP contribution < -0.4 is 11.2 Å². The Morgan fingerprint density at radius 2 is 1.91 bits per heavy atom. The first-order valence-corrected chi connectivity index (χ1v) is 18.2. The van der Waals surface area contributed by atoms with E-state index in [1.165, 1.54) is 29.4 Å². The summed E-state index contributed by atoms with van der Waals surface area (Å²) in [5, 5.41) is 9.67. The average molecular weight is 707 g/mol. The summed E-state index contributed by atoms with van der Waals surface area (Å²) in [4.78, 5) is 36.0. The molecule has 0 radical (unpaired) electrons. The van der Waals surface area contributed by atoms with Crippen molar-refractivity contribution in [3.63, 3.8) is 0 Å². The maximum absolute atomic E-state index is 14.4. The monoisotopic (exact) mass is 705 g/mol. The van der Waals surface area contributed by atoms with Gasteiger partial charge in [0.1, 0.15) is 11.4 Å². The van der Waals surface area contributed by atoms with Gasteiger partial charge in [-0.25, -0.2) is 5.53 Å². The van der Waals surface area contributed by atoms with Crippen LogP contribution in [0.3, 0.4) is 0 Å². The number of amidine groups is 1. The number of nitrogens with zero attached hydrogens (tertiary/aromatic N) is 4. The minimum Gasteiger partial charge on any atom is -0.344 e. The SMILES string of the molecule is C=C(/C=C(Cl)\C=C\Cl)C1=NC2(CCC(C(C)(C)CC)CC2)N(C(CCC(C)C)c2ccc(C(=O)NC/C(N=N)=N/N)s2)C1=O.CCC. The highest BCUT2D eigenvalue weighted by Crippen LogP contribution is 2.51. The molecular weight excluding hydrogens is 653 g/mol. The number of hydrogen-bond acceptors (Lipinski definition) is 7. The smallest absolute Gasteiger partial charge is 0.275 e. The van der Waals surface area contributed by atoms with E-state index in [-0.39, 0.29) is 35.7 Å².